The first-order valence-electron chi connectivity index (χ1n) is 9.57. The highest BCUT2D eigenvalue weighted by atomic mass is 32.2. The third-order valence-corrected chi connectivity index (χ3v) is 7.71. The zero-order valence-electron chi connectivity index (χ0n) is 16.7. The molecule has 8 nitrogen and oxygen atoms in total. The van der Waals surface area contributed by atoms with Gasteiger partial charge in [0, 0.05) is 30.6 Å². The molecular formula is C22H19N3O5S2. The Morgan fingerprint density at radius 3 is 2.34 bits per heavy atom. The summed E-state index contributed by atoms with van der Waals surface area (Å²) in [6.07, 6.45) is 5.87. The lowest BCUT2D eigenvalue weighted by Gasteiger charge is -2.08. The summed E-state index contributed by atoms with van der Waals surface area (Å²) in [5, 5.41) is 5.09. The summed E-state index contributed by atoms with van der Waals surface area (Å²) in [6.45, 7) is 0. The van der Waals surface area contributed by atoms with E-state index in [0.717, 1.165) is 17.3 Å². The number of sulfone groups is 1. The number of benzene rings is 2. The molecule has 2 N–H and O–H groups in total. The first-order valence-corrected chi connectivity index (χ1v) is 12.6. The molecule has 0 amide bonds. The van der Waals surface area contributed by atoms with Gasteiger partial charge < -0.3 is 4.40 Å². The van der Waals surface area contributed by atoms with Gasteiger partial charge in [-0.05, 0) is 54.4 Å². The first-order chi connectivity index (χ1) is 15.1. The number of hydrogen-bond acceptors (Lipinski definition) is 6. The molecule has 32 heavy (non-hydrogen) atoms. The highest BCUT2D eigenvalue weighted by Gasteiger charge is 2.20. The molecule has 10 heteroatoms. The molecule has 0 bridgehead atoms. The number of sulfonamides is 1. The van der Waals surface area contributed by atoms with Crippen LogP contribution in [0.5, 0.6) is 0 Å². The number of carbonyl (C=O) groups is 1. The largest absolute Gasteiger partial charge is 0.306 e. The van der Waals surface area contributed by atoms with Gasteiger partial charge in [-0.1, -0.05) is 18.2 Å². The fourth-order valence-corrected chi connectivity index (χ4v) is 5.22. The summed E-state index contributed by atoms with van der Waals surface area (Å²) in [5.41, 5.74) is 2.14. The Morgan fingerprint density at radius 2 is 1.62 bits per heavy atom. The van der Waals surface area contributed by atoms with Gasteiger partial charge in [0.1, 0.15) is 5.65 Å². The Hall–Kier alpha value is -3.34. The third kappa shape index (κ3) is 4.47. The van der Waals surface area contributed by atoms with Crippen LogP contribution in [0.4, 0.5) is 0 Å². The lowest BCUT2D eigenvalue weighted by Crippen LogP contribution is -2.13. The van der Waals surface area contributed by atoms with Crippen LogP contribution in [0.2, 0.25) is 0 Å². The number of fused-ring (bicyclic) bond motifs is 1. The van der Waals surface area contributed by atoms with E-state index in [1.807, 2.05) is 0 Å². The molecule has 0 fully saturated rings. The number of nitrogens with zero attached hydrogens (tertiary/aromatic N) is 2. The average Bonchev–Trinajstić information content (AvgIpc) is 3.25. The smallest absolute Gasteiger partial charge is 0.238 e. The van der Waals surface area contributed by atoms with Crippen LogP contribution >= 0.6 is 0 Å². The maximum Gasteiger partial charge on any atom is 0.238 e. The van der Waals surface area contributed by atoms with Crippen LogP contribution in [-0.4, -0.2) is 32.0 Å². The van der Waals surface area contributed by atoms with Crippen molar-refractivity contribution < 1.29 is 21.6 Å². The molecule has 4 aromatic rings. The number of aryl methyl sites for hydroxylation is 1. The van der Waals surface area contributed by atoms with Gasteiger partial charge in [0.2, 0.25) is 19.9 Å². The molecule has 0 aliphatic heterocycles. The maximum absolute atomic E-state index is 12.9. The number of carbonyl (C=O) groups excluding carboxylic acids is 1. The van der Waals surface area contributed by atoms with Crippen molar-refractivity contribution in [1.82, 2.24) is 9.38 Å². The lowest BCUT2D eigenvalue weighted by molar-refractivity contribution is 0.0982. The normalized spacial score (nSPS) is 12.2. The van der Waals surface area contributed by atoms with E-state index in [1.165, 1.54) is 30.3 Å². The Kier molecular flexibility index (Phi) is 5.68. The molecule has 0 aliphatic carbocycles. The number of pyridine rings is 1. The molecule has 0 aliphatic rings. The number of ketones is 1. The number of rotatable bonds is 7. The number of Topliss-reactive ketones (excluding diaryl/α,β-unsaturated/α-hetero) is 1. The molecule has 2 aromatic carbocycles. The van der Waals surface area contributed by atoms with Gasteiger partial charge in [-0.2, -0.15) is 0 Å². The van der Waals surface area contributed by atoms with Crippen molar-refractivity contribution in [2.45, 2.75) is 27.5 Å². The predicted molar refractivity (Wildman–Crippen MR) is 118 cm³/mol. The Bertz CT molecular complexity index is 1520. The minimum atomic E-state index is -4.02. The summed E-state index contributed by atoms with van der Waals surface area (Å²) >= 11 is 0. The highest BCUT2D eigenvalue weighted by Crippen LogP contribution is 2.23. The topological polar surface area (TPSA) is 129 Å². The molecule has 2 aromatic heterocycles. The van der Waals surface area contributed by atoms with Crippen molar-refractivity contribution in [2.75, 3.05) is 0 Å². The van der Waals surface area contributed by atoms with Crippen LogP contribution in [0.25, 0.3) is 5.65 Å². The van der Waals surface area contributed by atoms with Crippen LogP contribution in [-0.2, 0) is 26.3 Å². The summed E-state index contributed by atoms with van der Waals surface area (Å²) in [7, 11) is -7.95. The zero-order valence-corrected chi connectivity index (χ0v) is 18.4. The number of imidazole rings is 1. The first kappa shape index (κ1) is 21.9. The molecular weight excluding hydrogens is 450 g/mol. The minimum absolute atomic E-state index is 0.0182. The van der Waals surface area contributed by atoms with E-state index in [2.05, 4.69) is 4.98 Å². The number of primary sulfonamides is 1. The van der Waals surface area contributed by atoms with Gasteiger partial charge >= 0.3 is 0 Å². The second kappa shape index (κ2) is 8.30. The van der Waals surface area contributed by atoms with Crippen molar-refractivity contribution in [3.63, 3.8) is 0 Å². The molecule has 0 radical (unpaired) electrons. The average molecular weight is 470 g/mol. The predicted octanol–water partition coefficient (Wildman–Crippen LogP) is 2.63. The van der Waals surface area contributed by atoms with E-state index in [0.29, 0.717) is 12.0 Å². The van der Waals surface area contributed by atoms with Crippen LogP contribution in [0.3, 0.4) is 0 Å². The fraction of sp³-hybridized carbons (Fsp3) is 0.0909. The Morgan fingerprint density at radius 1 is 0.906 bits per heavy atom. The van der Waals surface area contributed by atoms with E-state index < -0.39 is 19.9 Å². The van der Waals surface area contributed by atoms with E-state index in [1.54, 1.807) is 47.3 Å². The van der Waals surface area contributed by atoms with Gasteiger partial charge in [-0.15, -0.1) is 0 Å². The zero-order chi connectivity index (χ0) is 22.9. The van der Waals surface area contributed by atoms with Crippen molar-refractivity contribution >= 4 is 31.3 Å². The summed E-state index contributed by atoms with van der Waals surface area (Å²) in [4.78, 5) is 16.2. The third-order valence-electron chi connectivity index (χ3n) is 5.03. The van der Waals surface area contributed by atoms with Crippen LogP contribution < -0.4 is 5.14 Å². The highest BCUT2D eigenvalue weighted by molar-refractivity contribution is 7.91. The van der Waals surface area contributed by atoms with E-state index in [9.17, 15) is 21.6 Å². The maximum atomic E-state index is 12.9. The second-order valence-corrected chi connectivity index (χ2v) is 10.7. The quantitative estimate of drug-likeness (QED) is 0.414. The van der Waals surface area contributed by atoms with Crippen molar-refractivity contribution in [1.29, 1.82) is 0 Å². The van der Waals surface area contributed by atoms with Crippen LogP contribution in [0.1, 0.15) is 22.3 Å². The van der Waals surface area contributed by atoms with E-state index in [4.69, 9.17) is 5.14 Å². The van der Waals surface area contributed by atoms with Crippen molar-refractivity contribution in [3.05, 3.63) is 90.4 Å². The molecule has 0 saturated carbocycles. The van der Waals surface area contributed by atoms with Gasteiger partial charge in [-0.25, -0.2) is 27.0 Å². The Balaban J connectivity index is 1.48. The number of hydrogen-bond donors (Lipinski definition) is 1. The van der Waals surface area contributed by atoms with Gasteiger partial charge in [0.15, 0.2) is 5.78 Å². The van der Waals surface area contributed by atoms with Crippen LogP contribution in [0.15, 0.2) is 93.9 Å². The molecule has 0 spiro atoms. The summed E-state index contributed by atoms with van der Waals surface area (Å²) in [5.74, 6) is -0.0305. The molecule has 0 saturated heterocycles. The number of aromatic nitrogens is 2. The van der Waals surface area contributed by atoms with Crippen molar-refractivity contribution in [2.24, 2.45) is 5.14 Å². The standard InChI is InChI=1S/C22H19N3O5S2/c23-32(29,30)20-3-1-2-19(14-20)31(27,28)18-8-4-16(5-9-18)6-10-21(26)17-7-11-22-24-12-13-25(22)15-17/h1-5,7-9,11-15H,6,10H2,(H2,23,29,30). The summed E-state index contributed by atoms with van der Waals surface area (Å²) in [6, 6.07) is 14.6. The molecule has 4 rings (SSSR count). The molecule has 164 valence electrons. The van der Waals surface area contributed by atoms with E-state index in [-0.39, 0.29) is 26.9 Å². The van der Waals surface area contributed by atoms with Crippen molar-refractivity contribution in [3.8, 4) is 0 Å². The monoisotopic (exact) mass is 469 g/mol. The Labute approximate surface area is 185 Å². The minimum Gasteiger partial charge on any atom is -0.306 e. The van der Waals surface area contributed by atoms with Crippen LogP contribution in [0, 0.1) is 0 Å². The van der Waals surface area contributed by atoms with Gasteiger partial charge in [0.25, 0.3) is 0 Å². The molecule has 0 atom stereocenters. The molecule has 2 heterocycles. The van der Waals surface area contributed by atoms with Gasteiger partial charge in [0.05, 0.1) is 14.7 Å². The lowest BCUT2D eigenvalue weighted by atomic mass is 10.0. The molecule has 0 unspecified atom stereocenters. The SMILES string of the molecule is NS(=O)(=O)c1cccc(S(=O)(=O)c2ccc(CCC(=O)c3ccc4nccn4c3)cc2)c1. The summed E-state index contributed by atoms with van der Waals surface area (Å²) < 4.78 is 50.6. The second-order valence-electron chi connectivity index (χ2n) is 7.20. The fourth-order valence-electron chi connectivity index (χ4n) is 3.28. The number of nitrogens with two attached hydrogens (primary N) is 1. The van der Waals surface area contributed by atoms with E-state index >= 15 is 0 Å². The van der Waals surface area contributed by atoms with Gasteiger partial charge in [-0.3, -0.25) is 4.79 Å².